The number of piperazine rings is 1. The fraction of sp³-hybridized carbons (Fsp3) is 0.294. The Bertz CT molecular complexity index is 848. The molecule has 0 unspecified atom stereocenters. The van der Waals surface area contributed by atoms with E-state index in [1.54, 1.807) is 12.1 Å². The smallest absolute Gasteiger partial charge is 0.243 e. The van der Waals surface area contributed by atoms with Gasteiger partial charge in [-0.3, -0.25) is 4.90 Å². The molecule has 0 aromatic heterocycles. The zero-order valence-corrected chi connectivity index (χ0v) is 14.9. The van der Waals surface area contributed by atoms with E-state index in [4.69, 9.17) is 11.6 Å². The van der Waals surface area contributed by atoms with E-state index in [9.17, 15) is 17.2 Å². The summed E-state index contributed by atoms with van der Waals surface area (Å²) in [6.45, 7) is 1.72. The topological polar surface area (TPSA) is 40.6 Å². The SMILES string of the molecule is O=S(=O)(c1cccc(F)c1)N1CCN(Cc2c(F)cccc2Cl)CC1. The molecule has 0 atom stereocenters. The minimum Gasteiger partial charge on any atom is -0.296 e. The normalized spacial score (nSPS) is 16.9. The van der Waals surface area contributed by atoms with Gasteiger partial charge in [0.25, 0.3) is 0 Å². The van der Waals surface area contributed by atoms with Crippen LogP contribution in [0.3, 0.4) is 0 Å². The van der Waals surface area contributed by atoms with E-state index in [-0.39, 0.29) is 23.8 Å². The van der Waals surface area contributed by atoms with Crippen LogP contribution in [-0.4, -0.2) is 43.8 Å². The molecule has 2 aromatic carbocycles. The van der Waals surface area contributed by atoms with Gasteiger partial charge in [0.2, 0.25) is 10.0 Å². The van der Waals surface area contributed by atoms with Crippen molar-refractivity contribution >= 4 is 21.6 Å². The van der Waals surface area contributed by atoms with E-state index in [2.05, 4.69) is 0 Å². The summed E-state index contributed by atoms with van der Waals surface area (Å²) in [5, 5.41) is 0.356. The zero-order valence-electron chi connectivity index (χ0n) is 13.3. The number of benzene rings is 2. The lowest BCUT2D eigenvalue weighted by molar-refractivity contribution is 0.180. The highest BCUT2D eigenvalue weighted by Gasteiger charge is 2.29. The molecule has 1 heterocycles. The molecule has 134 valence electrons. The van der Waals surface area contributed by atoms with Gasteiger partial charge in [-0.25, -0.2) is 17.2 Å². The average molecular weight is 387 g/mol. The number of nitrogens with zero attached hydrogens (tertiary/aromatic N) is 2. The van der Waals surface area contributed by atoms with Crippen LogP contribution in [0.5, 0.6) is 0 Å². The molecule has 0 aliphatic carbocycles. The third kappa shape index (κ3) is 4.00. The van der Waals surface area contributed by atoms with Crippen LogP contribution in [0.4, 0.5) is 8.78 Å². The van der Waals surface area contributed by atoms with E-state index in [0.717, 1.165) is 6.07 Å². The van der Waals surface area contributed by atoms with Crippen molar-refractivity contribution in [2.45, 2.75) is 11.4 Å². The first-order chi connectivity index (χ1) is 11.9. The van der Waals surface area contributed by atoms with Crippen molar-refractivity contribution in [2.75, 3.05) is 26.2 Å². The Balaban J connectivity index is 1.68. The molecule has 0 spiro atoms. The molecule has 1 aliphatic heterocycles. The molecule has 0 radical (unpaired) electrons. The van der Waals surface area contributed by atoms with E-state index < -0.39 is 15.8 Å². The van der Waals surface area contributed by atoms with Gasteiger partial charge in [0.1, 0.15) is 11.6 Å². The Hall–Kier alpha value is -1.54. The molecular weight excluding hydrogens is 370 g/mol. The summed E-state index contributed by atoms with van der Waals surface area (Å²) in [7, 11) is -3.73. The van der Waals surface area contributed by atoms with E-state index in [1.807, 2.05) is 4.90 Å². The minimum atomic E-state index is -3.73. The Kier molecular flexibility index (Phi) is 5.38. The zero-order chi connectivity index (χ0) is 18.0. The largest absolute Gasteiger partial charge is 0.296 e. The van der Waals surface area contributed by atoms with Crippen LogP contribution in [0.25, 0.3) is 0 Å². The molecule has 25 heavy (non-hydrogen) atoms. The van der Waals surface area contributed by atoms with Gasteiger partial charge in [0.15, 0.2) is 0 Å². The number of rotatable bonds is 4. The standard InChI is InChI=1S/C17H17ClF2N2O2S/c18-16-5-2-6-17(20)15(16)12-21-7-9-22(10-8-21)25(23,24)14-4-1-3-13(19)11-14/h1-6,11H,7-10,12H2. The Morgan fingerprint density at radius 2 is 1.68 bits per heavy atom. The molecule has 8 heteroatoms. The van der Waals surface area contributed by atoms with Crippen molar-refractivity contribution in [1.29, 1.82) is 0 Å². The molecule has 1 saturated heterocycles. The molecule has 0 N–H and O–H groups in total. The Labute approximate surface area is 150 Å². The Morgan fingerprint density at radius 3 is 2.32 bits per heavy atom. The van der Waals surface area contributed by atoms with E-state index in [0.29, 0.717) is 30.2 Å². The quantitative estimate of drug-likeness (QED) is 0.810. The highest BCUT2D eigenvalue weighted by molar-refractivity contribution is 7.89. The van der Waals surface area contributed by atoms with Gasteiger partial charge in [0.05, 0.1) is 4.90 Å². The summed E-state index contributed by atoms with van der Waals surface area (Å²) in [4.78, 5) is 1.89. The van der Waals surface area contributed by atoms with Gasteiger partial charge in [0, 0.05) is 43.3 Å². The van der Waals surface area contributed by atoms with Crippen LogP contribution < -0.4 is 0 Å². The van der Waals surface area contributed by atoms with Crippen molar-refractivity contribution in [3.05, 3.63) is 64.7 Å². The lowest BCUT2D eigenvalue weighted by Gasteiger charge is -2.34. The number of hydrogen-bond acceptors (Lipinski definition) is 3. The van der Waals surface area contributed by atoms with Crippen molar-refractivity contribution < 1.29 is 17.2 Å². The van der Waals surface area contributed by atoms with Crippen LogP contribution in [0.15, 0.2) is 47.4 Å². The maximum atomic E-state index is 13.9. The lowest BCUT2D eigenvalue weighted by Crippen LogP contribution is -2.48. The maximum absolute atomic E-state index is 13.9. The van der Waals surface area contributed by atoms with Gasteiger partial charge in [-0.05, 0) is 30.3 Å². The monoisotopic (exact) mass is 386 g/mol. The van der Waals surface area contributed by atoms with Crippen molar-refractivity contribution in [2.24, 2.45) is 0 Å². The first-order valence-corrected chi connectivity index (χ1v) is 9.61. The molecule has 0 bridgehead atoms. The van der Waals surface area contributed by atoms with Crippen LogP contribution in [0.2, 0.25) is 5.02 Å². The van der Waals surface area contributed by atoms with Gasteiger partial charge in [-0.2, -0.15) is 4.31 Å². The van der Waals surface area contributed by atoms with E-state index in [1.165, 1.54) is 28.6 Å². The summed E-state index contributed by atoms with van der Waals surface area (Å²) in [5.41, 5.74) is 0.408. The fourth-order valence-electron chi connectivity index (χ4n) is 2.81. The fourth-order valence-corrected chi connectivity index (χ4v) is 4.49. The number of halogens is 3. The predicted octanol–water partition coefficient (Wildman–Crippen LogP) is 3.12. The van der Waals surface area contributed by atoms with Gasteiger partial charge >= 0.3 is 0 Å². The Morgan fingerprint density at radius 1 is 1.00 bits per heavy atom. The van der Waals surface area contributed by atoms with Crippen molar-refractivity contribution in [3.8, 4) is 0 Å². The maximum Gasteiger partial charge on any atom is 0.243 e. The molecule has 3 rings (SSSR count). The summed E-state index contributed by atoms with van der Waals surface area (Å²) in [6, 6.07) is 9.50. The van der Waals surface area contributed by atoms with E-state index >= 15 is 0 Å². The van der Waals surface area contributed by atoms with Crippen LogP contribution in [0, 0.1) is 11.6 Å². The molecule has 4 nitrogen and oxygen atoms in total. The van der Waals surface area contributed by atoms with Crippen LogP contribution >= 0.6 is 11.6 Å². The summed E-state index contributed by atoms with van der Waals surface area (Å²) >= 11 is 6.04. The van der Waals surface area contributed by atoms with Crippen LogP contribution in [0.1, 0.15) is 5.56 Å². The molecule has 1 fully saturated rings. The highest BCUT2D eigenvalue weighted by Crippen LogP contribution is 2.23. The molecular formula is C17H17ClF2N2O2S. The molecule has 0 amide bonds. The molecule has 2 aromatic rings. The van der Waals surface area contributed by atoms with Crippen molar-refractivity contribution in [3.63, 3.8) is 0 Å². The summed E-state index contributed by atoms with van der Waals surface area (Å²) < 4.78 is 53.6. The number of hydrogen-bond donors (Lipinski definition) is 0. The molecule has 0 saturated carbocycles. The third-order valence-corrected chi connectivity index (χ3v) is 6.46. The lowest BCUT2D eigenvalue weighted by atomic mass is 10.2. The van der Waals surface area contributed by atoms with Gasteiger partial charge < -0.3 is 0 Å². The first kappa shape index (κ1) is 18.3. The second-order valence-electron chi connectivity index (χ2n) is 5.84. The third-order valence-electron chi connectivity index (χ3n) is 4.21. The van der Waals surface area contributed by atoms with Gasteiger partial charge in [-0.1, -0.05) is 23.7 Å². The second kappa shape index (κ2) is 7.37. The van der Waals surface area contributed by atoms with Crippen LogP contribution in [-0.2, 0) is 16.6 Å². The predicted molar refractivity (Wildman–Crippen MR) is 91.8 cm³/mol. The summed E-state index contributed by atoms with van der Waals surface area (Å²) in [5.74, 6) is -0.962. The molecule has 1 aliphatic rings. The summed E-state index contributed by atoms with van der Waals surface area (Å²) in [6.07, 6.45) is 0. The van der Waals surface area contributed by atoms with Gasteiger partial charge in [-0.15, -0.1) is 0 Å². The highest BCUT2D eigenvalue weighted by atomic mass is 35.5. The number of sulfonamides is 1. The first-order valence-electron chi connectivity index (χ1n) is 7.79. The van der Waals surface area contributed by atoms with Crippen molar-refractivity contribution in [1.82, 2.24) is 9.21 Å². The minimum absolute atomic E-state index is 0.0573. The second-order valence-corrected chi connectivity index (χ2v) is 8.18. The average Bonchev–Trinajstić information content (AvgIpc) is 2.59.